The Kier molecular flexibility index (Phi) is 5.92. The fourth-order valence-electron chi connectivity index (χ4n) is 2.12. The van der Waals surface area contributed by atoms with Gasteiger partial charge in [0.25, 0.3) is 5.69 Å². The summed E-state index contributed by atoms with van der Waals surface area (Å²) in [5, 5.41) is 24.4. The molecule has 0 bridgehead atoms. The van der Waals surface area contributed by atoms with Gasteiger partial charge in [0.2, 0.25) is 5.91 Å². The van der Waals surface area contributed by atoms with Crippen molar-refractivity contribution in [3.8, 4) is 11.3 Å². The van der Waals surface area contributed by atoms with Gasteiger partial charge >= 0.3 is 0 Å². The molecule has 1 aromatic carbocycles. The maximum Gasteiger partial charge on any atom is 0.270 e. The van der Waals surface area contributed by atoms with Crippen molar-refractivity contribution in [1.82, 2.24) is 15.5 Å². The number of rotatable bonds is 7. The van der Waals surface area contributed by atoms with E-state index in [2.05, 4.69) is 15.5 Å². The molecule has 0 unspecified atom stereocenters. The maximum absolute atomic E-state index is 11.9. The fraction of sp³-hybridized carbons (Fsp3) is 0.118. The first-order chi connectivity index (χ1) is 12.6. The van der Waals surface area contributed by atoms with Crippen molar-refractivity contribution in [2.45, 2.75) is 11.6 Å². The van der Waals surface area contributed by atoms with Crippen molar-refractivity contribution in [1.29, 1.82) is 0 Å². The van der Waals surface area contributed by atoms with E-state index in [0.717, 1.165) is 4.88 Å². The van der Waals surface area contributed by atoms with E-state index in [4.69, 9.17) is 0 Å². The van der Waals surface area contributed by atoms with Crippen LogP contribution in [0.1, 0.15) is 4.88 Å². The average molecular weight is 386 g/mol. The van der Waals surface area contributed by atoms with Gasteiger partial charge in [0.1, 0.15) is 5.03 Å². The maximum atomic E-state index is 11.9. The first-order valence-electron chi connectivity index (χ1n) is 7.62. The Morgan fingerprint density at radius 2 is 2.08 bits per heavy atom. The average Bonchev–Trinajstić information content (AvgIpc) is 3.19. The number of thiophene rings is 1. The van der Waals surface area contributed by atoms with Crippen LogP contribution in [0.5, 0.6) is 0 Å². The van der Waals surface area contributed by atoms with Crippen molar-refractivity contribution >= 4 is 34.7 Å². The molecule has 2 heterocycles. The number of hydrogen-bond donors (Lipinski definition) is 1. The highest BCUT2D eigenvalue weighted by atomic mass is 32.2. The molecule has 0 saturated heterocycles. The summed E-state index contributed by atoms with van der Waals surface area (Å²) >= 11 is 2.88. The first-order valence-corrected chi connectivity index (χ1v) is 9.49. The fourth-order valence-corrected chi connectivity index (χ4v) is 3.41. The summed E-state index contributed by atoms with van der Waals surface area (Å²) in [6, 6.07) is 13.6. The number of carbonyl (C=O) groups excluding carboxylic acids is 1. The molecule has 7 nitrogen and oxygen atoms in total. The molecule has 132 valence electrons. The summed E-state index contributed by atoms with van der Waals surface area (Å²) in [5.74, 6) is 0.170. The van der Waals surface area contributed by atoms with Crippen LogP contribution in [0, 0.1) is 10.1 Å². The Morgan fingerprint density at radius 3 is 2.77 bits per heavy atom. The van der Waals surface area contributed by atoms with Crippen molar-refractivity contribution in [3.63, 3.8) is 0 Å². The lowest BCUT2D eigenvalue weighted by atomic mass is 10.1. The first kappa shape index (κ1) is 18.0. The second kappa shape index (κ2) is 8.54. The van der Waals surface area contributed by atoms with E-state index < -0.39 is 4.92 Å². The molecule has 0 fully saturated rings. The molecule has 0 atom stereocenters. The number of hydrogen-bond acceptors (Lipinski definition) is 7. The van der Waals surface area contributed by atoms with Crippen molar-refractivity contribution in [2.75, 3.05) is 5.75 Å². The minimum absolute atomic E-state index is 0.00478. The van der Waals surface area contributed by atoms with E-state index in [1.165, 1.54) is 23.9 Å². The molecule has 3 rings (SSSR count). The summed E-state index contributed by atoms with van der Waals surface area (Å²) in [4.78, 5) is 23.4. The van der Waals surface area contributed by atoms with Gasteiger partial charge in [-0.3, -0.25) is 14.9 Å². The number of nitrogens with one attached hydrogen (secondary N) is 1. The molecule has 0 saturated carbocycles. The van der Waals surface area contributed by atoms with Crippen molar-refractivity contribution in [2.24, 2.45) is 0 Å². The van der Waals surface area contributed by atoms with E-state index in [1.807, 2.05) is 17.5 Å². The van der Waals surface area contributed by atoms with Gasteiger partial charge in [0.05, 0.1) is 22.9 Å². The van der Waals surface area contributed by atoms with Gasteiger partial charge in [-0.05, 0) is 23.6 Å². The molecule has 0 aliphatic rings. The van der Waals surface area contributed by atoms with Crippen LogP contribution < -0.4 is 5.32 Å². The zero-order chi connectivity index (χ0) is 18.4. The third kappa shape index (κ3) is 4.87. The summed E-state index contributed by atoms with van der Waals surface area (Å²) in [6.45, 7) is 0.522. The highest BCUT2D eigenvalue weighted by molar-refractivity contribution is 7.99. The van der Waals surface area contributed by atoms with Gasteiger partial charge in [-0.15, -0.1) is 21.5 Å². The summed E-state index contributed by atoms with van der Waals surface area (Å²) in [7, 11) is 0. The molecular formula is C17H14N4O3S2. The Bertz CT molecular complexity index is 899. The van der Waals surface area contributed by atoms with Crippen LogP contribution in [-0.4, -0.2) is 26.8 Å². The van der Waals surface area contributed by atoms with Gasteiger partial charge in [0.15, 0.2) is 0 Å². The molecule has 3 aromatic rings. The predicted molar refractivity (Wildman–Crippen MR) is 101 cm³/mol. The van der Waals surface area contributed by atoms with Crippen LogP contribution in [0.25, 0.3) is 11.3 Å². The molecule has 0 aliphatic carbocycles. The number of thioether (sulfide) groups is 1. The largest absolute Gasteiger partial charge is 0.350 e. The number of non-ortho nitro benzene ring substituents is 1. The molecule has 2 aromatic heterocycles. The molecule has 1 N–H and O–H groups in total. The molecule has 1 amide bonds. The summed E-state index contributed by atoms with van der Waals surface area (Å²) in [5.41, 5.74) is 1.17. The van der Waals surface area contributed by atoms with E-state index in [1.54, 1.807) is 35.6 Å². The normalized spacial score (nSPS) is 10.5. The lowest BCUT2D eigenvalue weighted by molar-refractivity contribution is -0.384. The minimum Gasteiger partial charge on any atom is -0.350 e. The molecule has 26 heavy (non-hydrogen) atoms. The second-order valence-electron chi connectivity index (χ2n) is 5.21. The van der Waals surface area contributed by atoms with Gasteiger partial charge in [-0.25, -0.2) is 0 Å². The SMILES string of the molecule is O=C(CSc1ccc(-c2cccc([N+](=O)[O-])c2)nn1)NCc1cccs1. The standard InChI is InChI=1S/C17H14N4O3S2/c22-16(18-10-14-5-2-8-25-14)11-26-17-7-6-15(19-20-17)12-3-1-4-13(9-12)21(23)24/h1-9H,10-11H2,(H,18,22). The minimum atomic E-state index is -0.448. The highest BCUT2D eigenvalue weighted by Crippen LogP contribution is 2.23. The quantitative estimate of drug-likeness (QED) is 0.379. The number of carbonyl (C=O) groups is 1. The lowest BCUT2D eigenvalue weighted by Crippen LogP contribution is -2.24. The van der Waals surface area contributed by atoms with Crippen LogP contribution in [-0.2, 0) is 11.3 Å². The topological polar surface area (TPSA) is 98.0 Å². The summed E-state index contributed by atoms with van der Waals surface area (Å²) in [6.07, 6.45) is 0. The number of nitrogens with zero attached hydrogens (tertiary/aromatic N) is 3. The molecule has 0 radical (unpaired) electrons. The molecular weight excluding hydrogens is 372 g/mol. The third-order valence-electron chi connectivity index (χ3n) is 3.38. The van der Waals surface area contributed by atoms with Crippen LogP contribution in [0.3, 0.4) is 0 Å². The third-order valence-corrected chi connectivity index (χ3v) is 5.18. The number of amides is 1. The summed E-state index contributed by atoms with van der Waals surface area (Å²) < 4.78 is 0. The number of nitro groups is 1. The lowest BCUT2D eigenvalue weighted by Gasteiger charge is -2.04. The van der Waals surface area contributed by atoms with Crippen LogP contribution in [0.2, 0.25) is 0 Å². The van der Waals surface area contributed by atoms with Gasteiger partial charge in [-0.2, -0.15) is 0 Å². The smallest absolute Gasteiger partial charge is 0.270 e. The van der Waals surface area contributed by atoms with Crippen molar-refractivity contribution in [3.05, 3.63) is 68.9 Å². The van der Waals surface area contributed by atoms with E-state index in [9.17, 15) is 14.9 Å². The molecule has 9 heteroatoms. The Hall–Kier alpha value is -2.78. The predicted octanol–water partition coefficient (Wildman–Crippen LogP) is 3.52. The molecule has 0 spiro atoms. The van der Waals surface area contributed by atoms with Gasteiger partial charge < -0.3 is 5.32 Å². The molecule has 0 aliphatic heterocycles. The van der Waals surface area contributed by atoms with Gasteiger partial charge in [-0.1, -0.05) is 30.0 Å². The van der Waals surface area contributed by atoms with E-state index >= 15 is 0 Å². The number of nitro benzene ring substituents is 1. The van der Waals surface area contributed by atoms with E-state index in [0.29, 0.717) is 22.8 Å². The van der Waals surface area contributed by atoms with Crippen molar-refractivity contribution < 1.29 is 9.72 Å². The zero-order valence-electron chi connectivity index (χ0n) is 13.5. The Labute approximate surface area is 157 Å². The number of aromatic nitrogens is 2. The number of benzene rings is 1. The second-order valence-corrected chi connectivity index (χ2v) is 7.24. The zero-order valence-corrected chi connectivity index (χ0v) is 15.1. The monoisotopic (exact) mass is 386 g/mol. The van der Waals surface area contributed by atoms with E-state index in [-0.39, 0.29) is 17.3 Å². The van der Waals surface area contributed by atoms with Crippen LogP contribution >= 0.6 is 23.1 Å². The van der Waals surface area contributed by atoms with Crippen LogP contribution in [0.15, 0.2) is 58.9 Å². The van der Waals surface area contributed by atoms with Crippen LogP contribution in [0.4, 0.5) is 5.69 Å². The highest BCUT2D eigenvalue weighted by Gasteiger charge is 2.09. The Morgan fingerprint density at radius 1 is 1.19 bits per heavy atom. The van der Waals surface area contributed by atoms with Gasteiger partial charge in [0, 0.05) is 22.6 Å². The Balaban J connectivity index is 1.55.